The lowest BCUT2D eigenvalue weighted by atomic mass is 10.3. The highest BCUT2D eigenvalue weighted by atomic mass is 35.5. The zero-order valence-corrected chi connectivity index (χ0v) is 11.5. The molecule has 19 heavy (non-hydrogen) atoms. The molecule has 0 aliphatic rings. The van der Waals surface area contributed by atoms with Crippen molar-refractivity contribution < 1.29 is 4.79 Å². The first-order chi connectivity index (χ1) is 9.19. The Hall–Kier alpha value is -1.82. The predicted molar refractivity (Wildman–Crippen MR) is 71.6 cm³/mol. The van der Waals surface area contributed by atoms with Crippen LogP contribution in [0.3, 0.4) is 0 Å². The normalized spacial score (nSPS) is 10.6. The van der Waals surface area contributed by atoms with Gasteiger partial charge in [0.15, 0.2) is 0 Å². The molecule has 0 fully saturated rings. The van der Waals surface area contributed by atoms with Crippen molar-refractivity contribution >= 4 is 17.5 Å². The number of aryl methyl sites for hydroxylation is 2. The number of hydrogen-bond acceptors (Lipinski definition) is 3. The molecular formula is C12H16ClN5O. The van der Waals surface area contributed by atoms with Crippen molar-refractivity contribution in [1.82, 2.24) is 24.9 Å². The molecule has 0 radical (unpaired) electrons. The highest BCUT2D eigenvalue weighted by Crippen LogP contribution is 2.05. The van der Waals surface area contributed by atoms with Crippen LogP contribution < -0.4 is 5.32 Å². The van der Waals surface area contributed by atoms with Gasteiger partial charge in [0.25, 0.3) is 0 Å². The van der Waals surface area contributed by atoms with Crippen LogP contribution >= 0.6 is 11.6 Å². The minimum Gasteiger partial charge on any atom is -0.350 e. The van der Waals surface area contributed by atoms with Crippen molar-refractivity contribution in [2.24, 2.45) is 0 Å². The number of amides is 1. The molecule has 6 nitrogen and oxygen atoms in total. The topological polar surface area (TPSA) is 64.7 Å². The molecule has 7 heteroatoms. The average molecular weight is 282 g/mol. The Balaban J connectivity index is 1.76. The minimum atomic E-state index is -0.0181. The zero-order valence-electron chi connectivity index (χ0n) is 10.7. The summed E-state index contributed by atoms with van der Waals surface area (Å²) in [5, 5.41) is 11.6. The maximum absolute atomic E-state index is 11.7. The Bertz CT molecular complexity index is 548. The molecule has 0 bridgehead atoms. The molecule has 0 saturated heterocycles. The van der Waals surface area contributed by atoms with Crippen molar-refractivity contribution in [3.8, 4) is 0 Å². The fraction of sp³-hybridized carbons (Fsp3) is 0.417. The van der Waals surface area contributed by atoms with Gasteiger partial charge in [-0.1, -0.05) is 11.6 Å². The van der Waals surface area contributed by atoms with E-state index in [9.17, 15) is 4.79 Å². The minimum absolute atomic E-state index is 0.0181. The van der Waals surface area contributed by atoms with Gasteiger partial charge < -0.3 is 5.32 Å². The summed E-state index contributed by atoms with van der Waals surface area (Å²) in [5.74, 6) is -0.0181. The van der Waals surface area contributed by atoms with E-state index in [1.165, 1.54) is 0 Å². The van der Waals surface area contributed by atoms with Gasteiger partial charge in [-0.05, 0) is 13.0 Å². The van der Waals surface area contributed by atoms with Gasteiger partial charge in [0.2, 0.25) is 5.91 Å². The summed E-state index contributed by atoms with van der Waals surface area (Å²) in [6.07, 6.45) is 5.36. The van der Waals surface area contributed by atoms with Gasteiger partial charge >= 0.3 is 0 Å². The van der Waals surface area contributed by atoms with Gasteiger partial charge in [-0.15, -0.1) is 0 Å². The molecular weight excluding hydrogens is 266 g/mol. The molecule has 1 N–H and O–H groups in total. The van der Waals surface area contributed by atoms with Crippen molar-refractivity contribution in [2.45, 2.75) is 33.0 Å². The molecule has 102 valence electrons. The number of hydrogen-bond donors (Lipinski definition) is 1. The van der Waals surface area contributed by atoms with Crippen LogP contribution in [0.15, 0.2) is 24.7 Å². The van der Waals surface area contributed by atoms with Gasteiger partial charge in [-0.25, -0.2) is 0 Å². The van der Waals surface area contributed by atoms with E-state index in [2.05, 4.69) is 15.5 Å². The number of carbonyl (C=O) groups excluding carboxylic acids is 1. The molecule has 0 aromatic carbocycles. The molecule has 0 spiro atoms. The molecule has 2 aromatic rings. The number of aromatic nitrogens is 4. The second-order valence-corrected chi connectivity index (χ2v) is 4.52. The number of carbonyl (C=O) groups is 1. The lowest BCUT2D eigenvalue weighted by Crippen LogP contribution is -2.25. The first kappa shape index (κ1) is 13.6. The summed E-state index contributed by atoms with van der Waals surface area (Å²) in [6.45, 7) is 3.82. The predicted octanol–water partition coefficient (Wildman–Crippen LogP) is 1.46. The van der Waals surface area contributed by atoms with Crippen molar-refractivity contribution in [3.05, 3.63) is 35.4 Å². The Labute approximate surface area is 116 Å². The molecule has 2 heterocycles. The Morgan fingerprint density at radius 1 is 1.47 bits per heavy atom. The Morgan fingerprint density at radius 2 is 2.32 bits per heavy atom. The molecule has 0 atom stereocenters. The van der Waals surface area contributed by atoms with E-state index in [-0.39, 0.29) is 5.91 Å². The molecule has 2 aromatic heterocycles. The molecule has 0 aliphatic heterocycles. The van der Waals surface area contributed by atoms with Gasteiger partial charge in [-0.2, -0.15) is 10.2 Å². The van der Waals surface area contributed by atoms with E-state index in [0.717, 1.165) is 12.2 Å². The highest BCUT2D eigenvalue weighted by Gasteiger charge is 2.05. The third-order valence-electron chi connectivity index (χ3n) is 2.74. The average Bonchev–Trinajstić information content (AvgIpc) is 3.02. The summed E-state index contributed by atoms with van der Waals surface area (Å²) in [7, 11) is 0. The molecule has 1 amide bonds. The smallest absolute Gasteiger partial charge is 0.222 e. The highest BCUT2D eigenvalue weighted by molar-refractivity contribution is 6.30. The van der Waals surface area contributed by atoms with Crippen LogP contribution in [0.1, 0.15) is 19.0 Å². The summed E-state index contributed by atoms with van der Waals surface area (Å²) in [4.78, 5) is 11.7. The molecule has 2 rings (SSSR count). The van der Waals surface area contributed by atoms with Crippen molar-refractivity contribution in [2.75, 3.05) is 0 Å². The van der Waals surface area contributed by atoms with Crippen LogP contribution in [0.4, 0.5) is 0 Å². The van der Waals surface area contributed by atoms with E-state index in [0.29, 0.717) is 24.5 Å². The molecule has 0 saturated carbocycles. The largest absolute Gasteiger partial charge is 0.350 e. The van der Waals surface area contributed by atoms with Gasteiger partial charge in [0.05, 0.1) is 23.5 Å². The second-order valence-electron chi connectivity index (χ2n) is 4.09. The number of nitrogens with zero attached hydrogens (tertiary/aromatic N) is 4. The second kappa shape index (κ2) is 6.38. The van der Waals surface area contributed by atoms with E-state index in [1.54, 1.807) is 23.3 Å². The van der Waals surface area contributed by atoms with E-state index < -0.39 is 0 Å². The fourth-order valence-corrected chi connectivity index (χ4v) is 1.91. The van der Waals surface area contributed by atoms with Crippen LogP contribution in [0.25, 0.3) is 0 Å². The van der Waals surface area contributed by atoms with E-state index in [4.69, 9.17) is 11.6 Å². The summed E-state index contributed by atoms with van der Waals surface area (Å²) >= 11 is 5.74. The van der Waals surface area contributed by atoms with Crippen LogP contribution in [-0.2, 0) is 24.4 Å². The van der Waals surface area contributed by atoms with Gasteiger partial charge in [0, 0.05) is 31.9 Å². The van der Waals surface area contributed by atoms with Crippen LogP contribution in [0, 0.1) is 0 Å². The van der Waals surface area contributed by atoms with Crippen LogP contribution in [0.2, 0.25) is 5.02 Å². The Morgan fingerprint density at radius 3 is 3.00 bits per heavy atom. The van der Waals surface area contributed by atoms with E-state index in [1.807, 2.05) is 17.7 Å². The van der Waals surface area contributed by atoms with Gasteiger partial charge in [0.1, 0.15) is 0 Å². The first-order valence-corrected chi connectivity index (χ1v) is 6.52. The van der Waals surface area contributed by atoms with Crippen LogP contribution in [-0.4, -0.2) is 25.5 Å². The summed E-state index contributed by atoms with van der Waals surface area (Å²) < 4.78 is 3.51. The SMILES string of the molecule is CCn1nccc1CNC(=O)CCn1cc(Cl)cn1. The Kier molecular flexibility index (Phi) is 4.57. The number of nitrogens with one attached hydrogen (secondary N) is 1. The fourth-order valence-electron chi connectivity index (χ4n) is 1.75. The monoisotopic (exact) mass is 281 g/mol. The number of rotatable bonds is 6. The third kappa shape index (κ3) is 3.82. The number of halogens is 1. The summed E-state index contributed by atoms with van der Waals surface area (Å²) in [6, 6.07) is 1.90. The van der Waals surface area contributed by atoms with E-state index >= 15 is 0 Å². The van der Waals surface area contributed by atoms with Crippen molar-refractivity contribution in [3.63, 3.8) is 0 Å². The zero-order chi connectivity index (χ0) is 13.7. The third-order valence-corrected chi connectivity index (χ3v) is 2.94. The van der Waals surface area contributed by atoms with Gasteiger partial charge in [-0.3, -0.25) is 14.2 Å². The maximum Gasteiger partial charge on any atom is 0.222 e. The molecule has 0 unspecified atom stereocenters. The first-order valence-electron chi connectivity index (χ1n) is 6.14. The quantitative estimate of drug-likeness (QED) is 0.872. The maximum atomic E-state index is 11.7. The van der Waals surface area contributed by atoms with Crippen LogP contribution in [0.5, 0.6) is 0 Å². The van der Waals surface area contributed by atoms with Crippen molar-refractivity contribution in [1.29, 1.82) is 0 Å². The lowest BCUT2D eigenvalue weighted by Gasteiger charge is -2.07. The lowest BCUT2D eigenvalue weighted by molar-refractivity contribution is -0.121. The molecule has 0 aliphatic carbocycles. The summed E-state index contributed by atoms with van der Waals surface area (Å²) in [5.41, 5.74) is 0.998. The standard InChI is InChI=1S/C12H16ClN5O/c1-2-18-11(3-5-15-18)8-14-12(19)4-6-17-9-10(13)7-16-17/h3,5,7,9H,2,4,6,8H2,1H3,(H,14,19).